The molecule has 0 saturated carbocycles. The number of halogens is 1. The number of ether oxygens (including phenoxy) is 1. The number of nitrogens with zero attached hydrogens (tertiary/aromatic N) is 1. The van der Waals surface area contributed by atoms with Gasteiger partial charge in [-0.25, -0.2) is 5.84 Å². The number of rotatable bonds is 2. The predicted molar refractivity (Wildman–Crippen MR) is 61.1 cm³/mol. The number of hydrogen-bond acceptors (Lipinski definition) is 4. The molecule has 1 aliphatic rings. The van der Waals surface area contributed by atoms with Gasteiger partial charge in [0.15, 0.2) is 5.56 Å². The maximum absolute atomic E-state index is 6.10. The molecule has 2 rings (SSSR count). The molecule has 0 fully saturated rings. The van der Waals surface area contributed by atoms with Gasteiger partial charge in [-0.3, -0.25) is 5.01 Å². The Morgan fingerprint density at radius 2 is 2.27 bits per heavy atom. The van der Waals surface area contributed by atoms with Crippen LogP contribution in [0.25, 0.3) is 0 Å². The molecular formula is C10H14ClN3O. The molecular weight excluding hydrogens is 214 g/mol. The second-order valence-electron chi connectivity index (χ2n) is 3.47. The van der Waals surface area contributed by atoms with E-state index in [9.17, 15) is 0 Å². The molecule has 0 spiro atoms. The highest BCUT2D eigenvalue weighted by Crippen LogP contribution is 2.34. The summed E-state index contributed by atoms with van der Waals surface area (Å²) in [6, 6.07) is 7.54. The lowest BCUT2D eigenvalue weighted by Crippen LogP contribution is -2.55. The lowest BCUT2D eigenvalue weighted by Gasteiger charge is -2.38. The molecule has 0 amide bonds. The minimum absolute atomic E-state index is 0.0634. The van der Waals surface area contributed by atoms with Crippen molar-refractivity contribution in [2.75, 3.05) is 18.6 Å². The standard InChI is InChI=1S/C10H14ClN3O/c1-13-6-8-10(11)15-9-5-3-2-4-7(9)14(8)12/h2-5,8,10,13H,6,12H2,1H3. The van der Waals surface area contributed by atoms with E-state index in [1.807, 2.05) is 31.3 Å². The largest absolute Gasteiger partial charge is 0.470 e. The molecule has 82 valence electrons. The number of alkyl halides is 1. The number of benzene rings is 1. The molecule has 1 aliphatic heterocycles. The van der Waals surface area contributed by atoms with Gasteiger partial charge in [0.1, 0.15) is 11.8 Å². The van der Waals surface area contributed by atoms with Crippen LogP contribution in [0.3, 0.4) is 0 Å². The third-order valence-electron chi connectivity index (χ3n) is 2.46. The third kappa shape index (κ3) is 1.88. The van der Waals surface area contributed by atoms with E-state index in [1.54, 1.807) is 5.01 Å². The van der Waals surface area contributed by atoms with Crippen molar-refractivity contribution < 1.29 is 4.74 Å². The smallest absolute Gasteiger partial charge is 0.195 e. The van der Waals surface area contributed by atoms with Crippen LogP contribution in [0.1, 0.15) is 0 Å². The van der Waals surface area contributed by atoms with Gasteiger partial charge in [0.2, 0.25) is 0 Å². The Hall–Kier alpha value is -0.970. The van der Waals surface area contributed by atoms with Gasteiger partial charge < -0.3 is 10.1 Å². The fraction of sp³-hybridized carbons (Fsp3) is 0.400. The van der Waals surface area contributed by atoms with Crippen LogP contribution in [-0.4, -0.2) is 25.2 Å². The summed E-state index contributed by atoms with van der Waals surface area (Å²) < 4.78 is 5.57. The fourth-order valence-corrected chi connectivity index (χ4v) is 1.98. The van der Waals surface area contributed by atoms with Gasteiger partial charge in [-0.1, -0.05) is 23.7 Å². The molecule has 0 bridgehead atoms. The molecule has 5 heteroatoms. The van der Waals surface area contributed by atoms with Gasteiger partial charge in [-0.15, -0.1) is 0 Å². The normalized spacial score (nSPS) is 24.6. The van der Waals surface area contributed by atoms with Gasteiger partial charge in [-0.05, 0) is 19.2 Å². The van der Waals surface area contributed by atoms with E-state index in [0.717, 1.165) is 11.4 Å². The van der Waals surface area contributed by atoms with Crippen molar-refractivity contribution in [2.45, 2.75) is 11.6 Å². The topological polar surface area (TPSA) is 50.5 Å². The van der Waals surface area contributed by atoms with Crippen molar-refractivity contribution in [3.63, 3.8) is 0 Å². The van der Waals surface area contributed by atoms with E-state index >= 15 is 0 Å². The van der Waals surface area contributed by atoms with Gasteiger partial charge in [0.25, 0.3) is 0 Å². The van der Waals surface area contributed by atoms with Crippen molar-refractivity contribution in [1.29, 1.82) is 0 Å². The summed E-state index contributed by atoms with van der Waals surface area (Å²) in [7, 11) is 1.86. The van der Waals surface area contributed by atoms with Gasteiger partial charge in [0, 0.05) is 6.54 Å². The molecule has 2 unspecified atom stereocenters. The van der Waals surface area contributed by atoms with E-state index in [0.29, 0.717) is 6.54 Å². The van der Waals surface area contributed by atoms with Crippen LogP contribution in [-0.2, 0) is 0 Å². The Labute approximate surface area is 93.9 Å². The number of nitrogens with one attached hydrogen (secondary N) is 1. The zero-order valence-electron chi connectivity index (χ0n) is 8.48. The molecule has 0 radical (unpaired) electrons. The fourth-order valence-electron chi connectivity index (χ4n) is 1.68. The molecule has 1 heterocycles. The first kappa shape index (κ1) is 10.5. The minimum atomic E-state index is -0.433. The lowest BCUT2D eigenvalue weighted by molar-refractivity contribution is 0.222. The summed E-state index contributed by atoms with van der Waals surface area (Å²) in [5.41, 5.74) is 0.437. The van der Waals surface area contributed by atoms with Crippen LogP contribution in [0.2, 0.25) is 0 Å². The highest BCUT2D eigenvalue weighted by atomic mass is 35.5. The zero-order chi connectivity index (χ0) is 10.8. The second kappa shape index (κ2) is 4.26. The van der Waals surface area contributed by atoms with Crippen molar-refractivity contribution >= 4 is 17.3 Å². The molecule has 4 nitrogen and oxygen atoms in total. The SMILES string of the molecule is CNCC1C(Cl)Oc2ccccc2N1N. The predicted octanol–water partition coefficient (Wildman–Crippen LogP) is 0.912. The third-order valence-corrected chi connectivity index (χ3v) is 2.84. The quantitative estimate of drug-likeness (QED) is 0.583. The van der Waals surface area contributed by atoms with Crippen molar-refractivity contribution in [2.24, 2.45) is 5.84 Å². The van der Waals surface area contributed by atoms with Crippen LogP contribution >= 0.6 is 11.6 Å². The first-order valence-electron chi connectivity index (χ1n) is 4.82. The summed E-state index contributed by atoms with van der Waals surface area (Å²) in [5.74, 6) is 6.73. The van der Waals surface area contributed by atoms with Crippen LogP contribution in [0.4, 0.5) is 5.69 Å². The minimum Gasteiger partial charge on any atom is -0.470 e. The van der Waals surface area contributed by atoms with Crippen LogP contribution < -0.4 is 20.9 Å². The summed E-state index contributed by atoms with van der Waals surface area (Å²) in [6.45, 7) is 0.680. The van der Waals surface area contributed by atoms with Crippen molar-refractivity contribution in [1.82, 2.24) is 5.32 Å². The molecule has 2 atom stereocenters. The highest BCUT2D eigenvalue weighted by Gasteiger charge is 2.32. The summed E-state index contributed by atoms with van der Waals surface area (Å²) >= 11 is 6.10. The molecule has 3 N–H and O–H groups in total. The number of anilines is 1. The van der Waals surface area contributed by atoms with Crippen LogP contribution in [0, 0.1) is 0 Å². The van der Waals surface area contributed by atoms with E-state index in [1.165, 1.54) is 0 Å². The first-order valence-corrected chi connectivity index (χ1v) is 5.26. The Morgan fingerprint density at radius 3 is 3.00 bits per heavy atom. The number of hydrazine groups is 1. The van der Waals surface area contributed by atoms with Crippen molar-refractivity contribution in [3.05, 3.63) is 24.3 Å². The van der Waals surface area contributed by atoms with Crippen molar-refractivity contribution in [3.8, 4) is 5.75 Å². The molecule has 0 aromatic heterocycles. The van der Waals surface area contributed by atoms with E-state index in [4.69, 9.17) is 22.2 Å². The summed E-state index contributed by atoms with van der Waals surface area (Å²) in [5, 5.41) is 4.70. The van der Waals surface area contributed by atoms with E-state index in [2.05, 4.69) is 5.32 Å². The maximum Gasteiger partial charge on any atom is 0.195 e. The number of fused-ring (bicyclic) bond motifs is 1. The Bertz CT molecular complexity index is 347. The Balaban J connectivity index is 2.30. The number of para-hydroxylation sites is 2. The summed E-state index contributed by atoms with van der Waals surface area (Å²) in [6.07, 6.45) is 0. The Kier molecular flexibility index (Phi) is 3.00. The molecule has 1 aromatic rings. The number of nitrogens with two attached hydrogens (primary N) is 1. The van der Waals surface area contributed by atoms with Crippen LogP contribution in [0.5, 0.6) is 5.75 Å². The Morgan fingerprint density at radius 1 is 1.53 bits per heavy atom. The maximum atomic E-state index is 6.10. The lowest BCUT2D eigenvalue weighted by atomic mass is 10.2. The second-order valence-corrected chi connectivity index (χ2v) is 3.90. The average Bonchev–Trinajstić information content (AvgIpc) is 2.24. The first-order chi connectivity index (χ1) is 7.24. The van der Waals surface area contributed by atoms with Gasteiger partial charge >= 0.3 is 0 Å². The molecule has 0 aliphatic carbocycles. The van der Waals surface area contributed by atoms with E-state index < -0.39 is 5.56 Å². The molecule has 1 aromatic carbocycles. The number of hydrogen-bond donors (Lipinski definition) is 2. The highest BCUT2D eigenvalue weighted by molar-refractivity contribution is 6.20. The van der Waals surface area contributed by atoms with Crippen LogP contribution in [0.15, 0.2) is 24.3 Å². The monoisotopic (exact) mass is 227 g/mol. The molecule has 15 heavy (non-hydrogen) atoms. The van der Waals surface area contributed by atoms with Gasteiger partial charge in [-0.2, -0.15) is 0 Å². The summed E-state index contributed by atoms with van der Waals surface area (Å²) in [4.78, 5) is 0. The number of likely N-dealkylation sites (N-methyl/N-ethyl adjacent to an activating group) is 1. The molecule has 0 saturated heterocycles. The van der Waals surface area contributed by atoms with Gasteiger partial charge in [0.05, 0.1) is 5.69 Å². The van der Waals surface area contributed by atoms with E-state index in [-0.39, 0.29) is 6.04 Å². The zero-order valence-corrected chi connectivity index (χ0v) is 9.24. The average molecular weight is 228 g/mol.